The van der Waals surface area contributed by atoms with Crippen LogP contribution in [0.3, 0.4) is 0 Å². The minimum absolute atomic E-state index is 0.345. The van der Waals surface area contributed by atoms with E-state index in [2.05, 4.69) is 15.4 Å². The van der Waals surface area contributed by atoms with Crippen LogP contribution in [0.15, 0.2) is 5.16 Å². The summed E-state index contributed by atoms with van der Waals surface area (Å²) in [7, 11) is 0.568. The number of aromatic nitrogens is 3. The van der Waals surface area contributed by atoms with Gasteiger partial charge in [-0.05, 0) is 20.8 Å². The molecule has 17 heavy (non-hydrogen) atoms. The number of oxime groups is 1. The van der Waals surface area contributed by atoms with Crippen LogP contribution in [-0.4, -0.2) is 29.8 Å². The van der Waals surface area contributed by atoms with Crippen LogP contribution in [0.2, 0.25) is 0 Å². The van der Waals surface area contributed by atoms with Gasteiger partial charge in [-0.2, -0.15) is 15.0 Å². The van der Waals surface area contributed by atoms with E-state index in [1.807, 2.05) is 20.8 Å². The number of hydrogen-bond acceptors (Lipinski definition) is 5. The van der Waals surface area contributed by atoms with E-state index >= 15 is 0 Å². The zero-order chi connectivity index (χ0) is 12.6. The minimum atomic E-state index is -1.18. The second-order valence-corrected chi connectivity index (χ2v) is 6.18. The van der Waals surface area contributed by atoms with Gasteiger partial charge in [0.1, 0.15) is 10.6 Å². The van der Waals surface area contributed by atoms with Crippen molar-refractivity contribution in [3.05, 3.63) is 11.4 Å². The molecule has 1 unspecified atom stereocenters. The van der Waals surface area contributed by atoms with Gasteiger partial charge in [0, 0.05) is 13.5 Å². The van der Waals surface area contributed by atoms with E-state index in [1.165, 1.54) is 4.80 Å². The molecule has 1 aliphatic rings. The average Bonchev–Trinajstić information content (AvgIpc) is 2.70. The summed E-state index contributed by atoms with van der Waals surface area (Å²) in [4.78, 5) is 6.69. The van der Waals surface area contributed by atoms with E-state index in [0.717, 1.165) is 11.4 Å². The van der Waals surface area contributed by atoms with Gasteiger partial charge in [0.25, 0.3) is 0 Å². The first kappa shape index (κ1) is 12.2. The van der Waals surface area contributed by atoms with E-state index in [9.17, 15) is 4.21 Å². The van der Waals surface area contributed by atoms with Gasteiger partial charge in [-0.25, -0.2) is 0 Å². The quantitative estimate of drug-likeness (QED) is 0.787. The largest absolute Gasteiger partial charge is 0.389 e. The van der Waals surface area contributed by atoms with E-state index in [0.29, 0.717) is 17.2 Å². The molecule has 0 aliphatic carbocycles. The van der Waals surface area contributed by atoms with Gasteiger partial charge in [0.15, 0.2) is 0 Å². The van der Waals surface area contributed by atoms with Crippen molar-refractivity contribution < 1.29 is 9.05 Å². The fraction of sp³-hybridized carbons (Fsp3) is 0.700. The Morgan fingerprint density at radius 1 is 1.47 bits per heavy atom. The molecular weight excluding hydrogens is 240 g/mol. The molecule has 1 aromatic heterocycles. The molecule has 0 N–H and O–H groups in total. The molecule has 0 saturated heterocycles. The molecule has 0 spiro atoms. The molecular formula is C10H16N4O2S. The average molecular weight is 256 g/mol. The first-order chi connectivity index (χ1) is 7.87. The van der Waals surface area contributed by atoms with Crippen LogP contribution in [0.5, 0.6) is 0 Å². The molecule has 1 aromatic rings. The van der Waals surface area contributed by atoms with Crippen LogP contribution >= 0.6 is 0 Å². The molecule has 0 radical (unpaired) electrons. The van der Waals surface area contributed by atoms with Crippen molar-refractivity contribution in [3.63, 3.8) is 0 Å². The SMILES string of the molecule is Cc1nn(C)nc1CS(=O)C1=NOC(C)(C)C1. The molecule has 2 rings (SSSR count). The number of rotatable bonds is 2. The predicted octanol–water partition coefficient (Wildman–Crippen LogP) is 0.885. The monoisotopic (exact) mass is 256 g/mol. The second-order valence-electron chi connectivity index (χ2n) is 4.72. The van der Waals surface area contributed by atoms with Crippen molar-refractivity contribution >= 4 is 15.8 Å². The van der Waals surface area contributed by atoms with E-state index < -0.39 is 10.8 Å². The number of nitrogens with zero attached hydrogens (tertiary/aromatic N) is 4. The lowest BCUT2D eigenvalue weighted by molar-refractivity contribution is 0.0123. The lowest BCUT2D eigenvalue weighted by atomic mass is 10.1. The highest BCUT2D eigenvalue weighted by Crippen LogP contribution is 2.24. The summed E-state index contributed by atoms with van der Waals surface area (Å²) < 4.78 is 12.1. The van der Waals surface area contributed by atoms with Crippen molar-refractivity contribution in [2.45, 2.75) is 38.5 Å². The van der Waals surface area contributed by atoms with Gasteiger partial charge < -0.3 is 4.84 Å². The Labute approximate surface area is 102 Å². The van der Waals surface area contributed by atoms with Crippen molar-refractivity contribution in [1.29, 1.82) is 0 Å². The van der Waals surface area contributed by atoms with Crippen LogP contribution in [0.25, 0.3) is 0 Å². The van der Waals surface area contributed by atoms with Gasteiger partial charge in [-0.1, -0.05) is 5.16 Å². The molecule has 1 atom stereocenters. The van der Waals surface area contributed by atoms with Crippen LogP contribution in [0.4, 0.5) is 0 Å². The highest BCUT2D eigenvalue weighted by Gasteiger charge is 2.32. The zero-order valence-electron chi connectivity index (χ0n) is 10.4. The molecule has 0 bridgehead atoms. The Kier molecular flexibility index (Phi) is 3.03. The van der Waals surface area contributed by atoms with Crippen LogP contribution in [-0.2, 0) is 28.4 Å². The van der Waals surface area contributed by atoms with Gasteiger partial charge in [-0.3, -0.25) is 4.21 Å². The van der Waals surface area contributed by atoms with Crippen LogP contribution in [0.1, 0.15) is 31.7 Å². The van der Waals surface area contributed by atoms with Crippen LogP contribution in [0, 0.1) is 6.92 Å². The van der Waals surface area contributed by atoms with E-state index in [1.54, 1.807) is 7.05 Å². The van der Waals surface area contributed by atoms with Crippen molar-refractivity contribution in [1.82, 2.24) is 15.0 Å². The lowest BCUT2D eigenvalue weighted by Crippen LogP contribution is -2.20. The molecule has 1 aliphatic heterocycles. The number of hydrogen-bond donors (Lipinski definition) is 0. The smallest absolute Gasteiger partial charge is 0.148 e. The maximum absolute atomic E-state index is 12.1. The molecule has 94 valence electrons. The van der Waals surface area contributed by atoms with E-state index in [4.69, 9.17) is 4.84 Å². The van der Waals surface area contributed by atoms with Crippen molar-refractivity contribution in [2.75, 3.05) is 0 Å². The summed E-state index contributed by atoms with van der Waals surface area (Å²) in [6, 6.07) is 0. The van der Waals surface area contributed by atoms with Crippen molar-refractivity contribution in [3.8, 4) is 0 Å². The summed E-state index contributed by atoms with van der Waals surface area (Å²) in [6.07, 6.45) is 0.596. The predicted molar refractivity (Wildman–Crippen MR) is 64.8 cm³/mol. The summed E-state index contributed by atoms with van der Waals surface area (Å²) in [5.41, 5.74) is 1.21. The third kappa shape index (κ3) is 2.71. The molecule has 7 heteroatoms. The standard InChI is InChI=1S/C10H16N4O2S/c1-7-8(12-14(4)11-7)6-17(15)9-5-10(2,3)16-13-9/h5-6H2,1-4H3. The summed E-state index contributed by atoms with van der Waals surface area (Å²) in [6.45, 7) is 5.71. The Balaban J connectivity index is 2.06. The highest BCUT2D eigenvalue weighted by molar-refractivity contribution is 7.99. The second kappa shape index (κ2) is 4.21. The fourth-order valence-electron chi connectivity index (χ4n) is 1.61. The van der Waals surface area contributed by atoms with Gasteiger partial charge >= 0.3 is 0 Å². The Morgan fingerprint density at radius 2 is 2.18 bits per heavy atom. The molecule has 2 heterocycles. The molecule has 0 fully saturated rings. The Hall–Kier alpha value is -1.24. The van der Waals surface area contributed by atoms with Gasteiger partial charge in [0.05, 0.1) is 27.9 Å². The third-order valence-electron chi connectivity index (χ3n) is 2.48. The third-order valence-corrected chi connectivity index (χ3v) is 3.76. The number of aryl methyl sites for hydroxylation is 2. The molecule has 6 nitrogen and oxygen atoms in total. The zero-order valence-corrected chi connectivity index (χ0v) is 11.2. The Bertz CT molecular complexity index is 492. The van der Waals surface area contributed by atoms with Gasteiger partial charge in [-0.15, -0.1) is 0 Å². The maximum atomic E-state index is 12.1. The molecule has 0 saturated carbocycles. The summed E-state index contributed by atoms with van der Waals surface area (Å²) in [5, 5.41) is 12.8. The van der Waals surface area contributed by atoms with E-state index in [-0.39, 0.29) is 5.60 Å². The fourth-order valence-corrected chi connectivity index (χ4v) is 2.92. The van der Waals surface area contributed by atoms with Gasteiger partial charge in [0.2, 0.25) is 0 Å². The first-order valence-electron chi connectivity index (χ1n) is 5.37. The van der Waals surface area contributed by atoms with Crippen molar-refractivity contribution in [2.24, 2.45) is 12.2 Å². The first-order valence-corrected chi connectivity index (χ1v) is 6.69. The summed E-state index contributed by atoms with van der Waals surface area (Å²) in [5.74, 6) is 0.345. The Morgan fingerprint density at radius 3 is 2.65 bits per heavy atom. The highest BCUT2D eigenvalue weighted by atomic mass is 32.2. The minimum Gasteiger partial charge on any atom is -0.389 e. The molecule has 0 aromatic carbocycles. The summed E-state index contributed by atoms with van der Waals surface area (Å²) >= 11 is 0. The van der Waals surface area contributed by atoms with Crippen LogP contribution < -0.4 is 0 Å². The normalized spacial score (nSPS) is 19.9. The molecule has 0 amide bonds. The lowest BCUT2D eigenvalue weighted by Gasteiger charge is -2.12. The maximum Gasteiger partial charge on any atom is 0.148 e. The topological polar surface area (TPSA) is 69.4 Å².